The molecule has 0 aliphatic carbocycles. The number of benzene rings is 1. The summed E-state index contributed by atoms with van der Waals surface area (Å²) in [6.07, 6.45) is 0.979. The van der Waals surface area contributed by atoms with Gasteiger partial charge in [0.25, 0.3) is 0 Å². The lowest BCUT2D eigenvalue weighted by molar-refractivity contribution is 0.424. The Bertz CT molecular complexity index is 620. The van der Waals surface area contributed by atoms with Crippen molar-refractivity contribution in [1.82, 2.24) is 15.5 Å². The van der Waals surface area contributed by atoms with Crippen LogP contribution in [0.4, 0.5) is 20.5 Å². The first-order chi connectivity index (χ1) is 10.0. The molecule has 2 rings (SSSR count). The van der Waals surface area contributed by atoms with E-state index in [2.05, 4.69) is 36.8 Å². The summed E-state index contributed by atoms with van der Waals surface area (Å²) in [5, 5.41) is 13.4. The summed E-state index contributed by atoms with van der Waals surface area (Å²) in [6.45, 7) is 4.75. The van der Waals surface area contributed by atoms with Gasteiger partial charge < -0.3 is 15.1 Å². The maximum absolute atomic E-state index is 13.7. The molecule has 21 heavy (non-hydrogen) atoms. The summed E-state index contributed by atoms with van der Waals surface area (Å²) in [6, 6.07) is 1.94. The van der Waals surface area contributed by atoms with Crippen LogP contribution in [0.15, 0.2) is 21.0 Å². The van der Waals surface area contributed by atoms with Gasteiger partial charge in [0, 0.05) is 6.07 Å². The Morgan fingerprint density at radius 2 is 2.05 bits per heavy atom. The number of halogens is 3. The third-order valence-corrected chi connectivity index (χ3v) is 3.37. The molecule has 1 atom stereocenters. The van der Waals surface area contributed by atoms with E-state index in [9.17, 15) is 8.78 Å². The van der Waals surface area contributed by atoms with E-state index >= 15 is 0 Å². The first-order valence-electron chi connectivity index (χ1n) is 6.49. The van der Waals surface area contributed by atoms with E-state index in [1.165, 1.54) is 0 Å². The highest BCUT2D eigenvalue weighted by atomic mass is 79.9. The quantitative estimate of drug-likeness (QED) is 0.764. The second-order valence-corrected chi connectivity index (χ2v) is 5.35. The van der Waals surface area contributed by atoms with E-state index in [0.29, 0.717) is 5.89 Å². The zero-order valence-electron chi connectivity index (χ0n) is 11.6. The molecular weight excluding hydrogens is 346 g/mol. The van der Waals surface area contributed by atoms with Crippen LogP contribution < -0.4 is 10.6 Å². The third-order valence-electron chi connectivity index (χ3n) is 2.76. The molecule has 0 bridgehead atoms. The summed E-state index contributed by atoms with van der Waals surface area (Å²) >= 11 is 2.91. The van der Waals surface area contributed by atoms with Crippen molar-refractivity contribution in [1.29, 1.82) is 0 Å². The van der Waals surface area contributed by atoms with Gasteiger partial charge in [-0.1, -0.05) is 12.0 Å². The third kappa shape index (κ3) is 3.98. The summed E-state index contributed by atoms with van der Waals surface area (Å²) in [5.41, 5.74) is -0.0694. The smallest absolute Gasteiger partial charge is 0.320 e. The highest BCUT2D eigenvalue weighted by Gasteiger charge is 2.15. The van der Waals surface area contributed by atoms with E-state index in [1.54, 1.807) is 0 Å². The molecule has 0 saturated heterocycles. The van der Waals surface area contributed by atoms with Gasteiger partial charge in [0.1, 0.15) is 11.6 Å². The maximum Gasteiger partial charge on any atom is 0.320 e. The molecule has 0 saturated carbocycles. The molecule has 1 aromatic heterocycles. The molecule has 114 valence electrons. The number of aromatic nitrogens is 2. The highest BCUT2D eigenvalue weighted by molar-refractivity contribution is 9.10. The second kappa shape index (κ2) is 6.95. The molecule has 5 nitrogen and oxygen atoms in total. The standard InChI is InChI=1S/C13H15BrF2N4O/c1-3-4-17-7(2)12-19-20-13(21-12)18-11-6-9(15)8(14)5-10(11)16/h5-7,17H,3-4H2,1-2H3,(H,18,20). The zero-order chi connectivity index (χ0) is 15.4. The Kier molecular flexibility index (Phi) is 5.24. The molecule has 2 N–H and O–H groups in total. The molecule has 1 aromatic carbocycles. The van der Waals surface area contributed by atoms with Gasteiger partial charge >= 0.3 is 6.01 Å². The molecule has 0 aliphatic heterocycles. The van der Waals surface area contributed by atoms with Crippen LogP contribution in [0.25, 0.3) is 0 Å². The number of nitrogens with zero attached hydrogens (tertiary/aromatic N) is 2. The Hall–Kier alpha value is -1.54. The minimum Gasteiger partial charge on any atom is -0.406 e. The van der Waals surface area contributed by atoms with Crippen LogP contribution >= 0.6 is 15.9 Å². The Balaban J connectivity index is 2.11. The Morgan fingerprint density at radius 1 is 1.29 bits per heavy atom. The number of hydrogen-bond acceptors (Lipinski definition) is 5. The van der Waals surface area contributed by atoms with Gasteiger partial charge in [-0.3, -0.25) is 0 Å². The highest BCUT2D eigenvalue weighted by Crippen LogP contribution is 2.26. The molecule has 0 spiro atoms. The van der Waals surface area contributed by atoms with Gasteiger partial charge in [-0.2, -0.15) is 0 Å². The molecule has 1 heterocycles. The zero-order valence-corrected chi connectivity index (χ0v) is 13.2. The van der Waals surface area contributed by atoms with Crippen molar-refractivity contribution in [3.63, 3.8) is 0 Å². The molecule has 0 amide bonds. The van der Waals surface area contributed by atoms with Gasteiger partial charge in [0.15, 0.2) is 0 Å². The first kappa shape index (κ1) is 15.8. The van der Waals surface area contributed by atoms with Crippen LogP contribution in [0.5, 0.6) is 0 Å². The minimum absolute atomic E-state index is 0.00997. The number of hydrogen-bond donors (Lipinski definition) is 2. The lowest BCUT2D eigenvalue weighted by Crippen LogP contribution is -2.19. The molecule has 0 aliphatic rings. The van der Waals surface area contributed by atoms with Crippen molar-refractivity contribution in [3.05, 3.63) is 34.1 Å². The lowest BCUT2D eigenvalue weighted by Gasteiger charge is -2.07. The summed E-state index contributed by atoms with van der Waals surface area (Å²) in [4.78, 5) is 0. The maximum atomic E-state index is 13.7. The van der Waals surface area contributed by atoms with Crippen molar-refractivity contribution in [2.24, 2.45) is 0 Å². The van der Waals surface area contributed by atoms with Crippen LogP contribution in [0.2, 0.25) is 0 Å². The van der Waals surface area contributed by atoms with Gasteiger partial charge in [-0.25, -0.2) is 8.78 Å². The van der Waals surface area contributed by atoms with Crippen molar-refractivity contribution >= 4 is 27.6 Å². The van der Waals surface area contributed by atoms with Gasteiger partial charge in [0.05, 0.1) is 16.2 Å². The van der Waals surface area contributed by atoms with E-state index in [1.807, 2.05) is 13.8 Å². The molecular formula is C13H15BrF2N4O. The van der Waals surface area contributed by atoms with Crippen LogP contribution in [0.3, 0.4) is 0 Å². The first-order valence-corrected chi connectivity index (χ1v) is 7.29. The number of rotatable bonds is 6. The van der Waals surface area contributed by atoms with Crippen LogP contribution in [-0.2, 0) is 0 Å². The normalized spacial score (nSPS) is 12.4. The monoisotopic (exact) mass is 360 g/mol. The van der Waals surface area contributed by atoms with Crippen LogP contribution in [-0.4, -0.2) is 16.7 Å². The largest absolute Gasteiger partial charge is 0.406 e. The molecule has 8 heteroatoms. The fourth-order valence-electron chi connectivity index (χ4n) is 1.64. The summed E-state index contributed by atoms with van der Waals surface area (Å²) in [5.74, 6) is -0.833. The minimum atomic E-state index is -0.625. The van der Waals surface area contributed by atoms with E-state index in [0.717, 1.165) is 25.1 Å². The molecule has 1 unspecified atom stereocenters. The van der Waals surface area contributed by atoms with Gasteiger partial charge in [-0.15, -0.1) is 5.10 Å². The topological polar surface area (TPSA) is 63.0 Å². The molecule has 0 radical (unpaired) electrons. The van der Waals surface area contributed by atoms with Crippen LogP contribution in [0.1, 0.15) is 32.2 Å². The molecule has 0 fully saturated rings. The van der Waals surface area contributed by atoms with Crippen molar-refractivity contribution in [2.45, 2.75) is 26.3 Å². The van der Waals surface area contributed by atoms with Crippen molar-refractivity contribution in [2.75, 3.05) is 11.9 Å². The average molecular weight is 361 g/mol. The van der Waals surface area contributed by atoms with Gasteiger partial charge in [0.2, 0.25) is 5.89 Å². The number of anilines is 2. The second-order valence-electron chi connectivity index (χ2n) is 4.49. The van der Waals surface area contributed by atoms with E-state index in [-0.39, 0.29) is 22.2 Å². The summed E-state index contributed by atoms with van der Waals surface area (Å²) in [7, 11) is 0. The van der Waals surface area contributed by atoms with Gasteiger partial charge in [-0.05, 0) is 41.9 Å². The number of nitrogens with one attached hydrogen (secondary N) is 2. The van der Waals surface area contributed by atoms with E-state index in [4.69, 9.17) is 4.42 Å². The lowest BCUT2D eigenvalue weighted by atomic mass is 10.3. The predicted molar refractivity (Wildman–Crippen MR) is 78.3 cm³/mol. The molecule has 2 aromatic rings. The van der Waals surface area contributed by atoms with Crippen LogP contribution in [0, 0.1) is 11.6 Å². The Morgan fingerprint density at radius 3 is 2.76 bits per heavy atom. The summed E-state index contributed by atoms with van der Waals surface area (Å²) < 4.78 is 32.5. The van der Waals surface area contributed by atoms with Crippen molar-refractivity contribution < 1.29 is 13.2 Å². The van der Waals surface area contributed by atoms with Crippen molar-refractivity contribution in [3.8, 4) is 0 Å². The predicted octanol–water partition coefficient (Wildman–Crippen LogP) is 3.91. The van der Waals surface area contributed by atoms with E-state index < -0.39 is 11.6 Å². The SMILES string of the molecule is CCCNC(C)c1nnc(Nc2cc(F)c(Br)cc2F)o1. The fourth-order valence-corrected chi connectivity index (χ4v) is 1.96. The average Bonchev–Trinajstić information content (AvgIpc) is 2.91. The fraction of sp³-hybridized carbons (Fsp3) is 0.385. The Labute approximate surface area is 129 Å².